The SMILES string of the molecule is COCCNC(=O)CCn1nc(C(F)(F)F)cc1C. The molecule has 1 heterocycles. The van der Waals surface area contributed by atoms with Crippen molar-refractivity contribution in [2.24, 2.45) is 0 Å². The Hall–Kier alpha value is -1.57. The van der Waals surface area contributed by atoms with Crippen molar-refractivity contribution in [3.05, 3.63) is 17.5 Å². The molecular weight excluding hydrogens is 263 g/mol. The lowest BCUT2D eigenvalue weighted by Crippen LogP contribution is -2.28. The number of nitrogens with one attached hydrogen (secondary N) is 1. The van der Waals surface area contributed by atoms with Gasteiger partial charge in [-0.2, -0.15) is 18.3 Å². The number of amides is 1. The Morgan fingerprint density at radius 1 is 1.53 bits per heavy atom. The highest BCUT2D eigenvalue weighted by Crippen LogP contribution is 2.28. The Bertz CT molecular complexity index is 429. The van der Waals surface area contributed by atoms with Crippen molar-refractivity contribution in [3.8, 4) is 0 Å². The summed E-state index contributed by atoms with van der Waals surface area (Å²) in [6.07, 6.45) is -4.39. The highest BCUT2D eigenvalue weighted by molar-refractivity contribution is 5.75. The quantitative estimate of drug-likeness (QED) is 0.800. The minimum absolute atomic E-state index is 0.0729. The number of aryl methyl sites for hydroxylation is 2. The smallest absolute Gasteiger partial charge is 0.383 e. The van der Waals surface area contributed by atoms with Crippen LogP contribution in [0, 0.1) is 6.92 Å². The van der Waals surface area contributed by atoms with Gasteiger partial charge in [0.05, 0.1) is 6.61 Å². The van der Waals surface area contributed by atoms with Gasteiger partial charge in [0.1, 0.15) is 0 Å². The molecular formula is C11H16F3N3O2. The summed E-state index contributed by atoms with van der Waals surface area (Å²) >= 11 is 0. The topological polar surface area (TPSA) is 56.1 Å². The Morgan fingerprint density at radius 3 is 2.74 bits per heavy atom. The summed E-state index contributed by atoms with van der Waals surface area (Å²) in [4.78, 5) is 11.4. The van der Waals surface area contributed by atoms with Crippen LogP contribution in [0.5, 0.6) is 0 Å². The van der Waals surface area contributed by atoms with Crippen molar-refractivity contribution < 1.29 is 22.7 Å². The molecule has 0 saturated carbocycles. The van der Waals surface area contributed by atoms with Crippen LogP contribution in [-0.2, 0) is 22.3 Å². The molecule has 1 aromatic heterocycles. The van der Waals surface area contributed by atoms with Gasteiger partial charge in [-0.3, -0.25) is 9.48 Å². The number of carbonyl (C=O) groups is 1. The number of hydrogen-bond acceptors (Lipinski definition) is 3. The normalized spacial score (nSPS) is 11.6. The third-order valence-corrected chi connectivity index (χ3v) is 2.45. The fourth-order valence-electron chi connectivity index (χ4n) is 1.46. The van der Waals surface area contributed by atoms with Crippen LogP contribution < -0.4 is 5.32 Å². The first-order chi connectivity index (χ1) is 8.84. The molecule has 0 aliphatic rings. The van der Waals surface area contributed by atoms with Crippen molar-refractivity contribution in [1.29, 1.82) is 0 Å². The van der Waals surface area contributed by atoms with E-state index < -0.39 is 11.9 Å². The molecule has 0 fully saturated rings. The molecule has 0 bridgehead atoms. The number of halogens is 3. The molecule has 1 rings (SSSR count). The molecule has 0 aliphatic heterocycles. The average molecular weight is 279 g/mol. The summed E-state index contributed by atoms with van der Waals surface area (Å²) in [5.41, 5.74) is -0.568. The number of carbonyl (C=O) groups excluding carboxylic acids is 1. The van der Waals surface area contributed by atoms with Crippen molar-refractivity contribution in [3.63, 3.8) is 0 Å². The number of alkyl halides is 3. The fourth-order valence-corrected chi connectivity index (χ4v) is 1.46. The van der Waals surface area contributed by atoms with Gasteiger partial charge in [-0.1, -0.05) is 0 Å². The standard InChI is InChI=1S/C11H16F3N3O2/c1-8-7-9(11(12,13)14)16-17(8)5-3-10(18)15-4-6-19-2/h7H,3-6H2,1-2H3,(H,15,18). The zero-order valence-electron chi connectivity index (χ0n) is 10.8. The summed E-state index contributed by atoms with van der Waals surface area (Å²) in [7, 11) is 1.51. The number of ether oxygens (including phenoxy) is 1. The first-order valence-corrected chi connectivity index (χ1v) is 5.72. The molecule has 0 aromatic carbocycles. The van der Waals surface area contributed by atoms with Crippen LogP contribution in [0.25, 0.3) is 0 Å². The van der Waals surface area contributed by atoms with Crippen molar-refractivity contribution in [2.45, 2.75) is 26.1 Å². The van der Waals surface area contributed by atoms with Gasteiger partial charge in [0.15, 0.2) is 5.69 Å². The molecule has 0 spiro atoms. The molecule has 5 nitrogen and oxygen atoms in total. The predicted molar refractivity (Wildman–Crippen MR) is 61.5 cm³/mol. The maximum Gasteiger partial charge on any atom is 0.435 e. The zero-order valence-corrected chi connectivity index (χ0v) is 10.8. The van der Waals surface area contributed by atoms with Crippen molar-refractivity contribution >= 4 is 5.91 Å². The third-order valence-electron chi connectivity index (χ3n) is 2.45. The Labute approximate surface area is 108 Å². The maximum atomic E-state index is 12.4. The lowest BCUT2D eigenvalue weighted by atomic mass is 10.3. The summed E-state index contributed by atoms with van der Waals surface area (Å²) < 4.78 is 43.2. The molecule has 0 atom stereocenters. The second-order valence-corrected chi connectivity index (χ2v) is 3.98. The largest absolute Gasteiger partial charge is 0.435 e. The van der Waals surface area contributed by atoms with Gasteiger partial charge in [-0.25, -0.2) is 0 Å². The summed E-state index contributed by atoms with van der Waals surface area (Å²) in [6, 6.07) is 0.961. The van der Waals surface area contributed by atoms with E-state index in [1.165, 1.54) is 18.7 Å². The van der Waals surface area contributed by atoms with Crippen LogP contribution >= 0.6 is 0 Å². The summed E-state index contributed by atoms with van der Waals surface area (Å²) in [6.45, 7) is 2.40. The Balaban J connectivity index is 2.49. The predicted octanol–water partition coefficient (Wildman–Crippen LogP) is 1.36. The highest BCUT2D eigenvalue weighted by Gasteiger charge is 2.34. The van der Waals surface area contributed by atoms with E-state index in [4.69, 9.17) is 4.74 Å². The third kappa shape index (κ3) is 4.90. The number of hydrogen-bond donors (Lipinski definition) is 1. The second-order valence-electron chi connectivity index (χ2n) is 3.98. The molecule has 108 valence electrons. The highest BCUT2D eigenvalue weighted by atomic mass is 19.4. The molecule has 8 heteroatoms. The van der Waals surface area contributed by atoms with E-state index in [2.05, 4.69) is 10.4 Å². The molecule has 19 heavy (non-hydrogen) atoms. The summed E-state index contributed by atoms with van der Waals surface area (Å²) in [5, 5.41) is 6.02. The van der Waals surface area contributed by atoms with Crippen LogP contribution in [-0.4, -0.2) is 35.9 Å². The van der Waals surface area contributed by atoms with Crippen LogP contribution in [0.3, 0.4) is 0 Å². The Morgan fingerprint density at radius 2 is 2.21 bits per heavy atom. The van der Waals surface area contributed by atoms with Crippen molar-refractivity contribution in [2.75, 3.05) is 20.3 Å². The van der Waals surface area contributed by atoms with Crippen LogP contribution in [0.15, 0.2) is 6.07 Å². The first-order valence-electron chi connectivity index (χ1n) is 5.72. The number of methoxy groups -OCH3 is 1. The minimum atomic E-state index is -4.46. The van der Waals surface area contributed by atoms with Crippen LogP contribution in [0.2, 0.25) is 0 Å². The monoisotopic (exact) mass is 279 g/mol. The number of rotatable bonds is 6. The van der Waals surface area contributed by atoms with Gasteiger partial charge >= 0.3 is 6.18 Å². The van der Waals surface area contributed by atoms with Gasteiger partial charge in [-0.05, 0) is 13.0 Å². The zero-order chi connectivity index (χ0) is 14.5. The molecule has 0 unspecified atom stereocenters. The molecule has 0 saturated heterocycles. The van der Waals surface area contributed by atoms with E-state index >= 15 is 0 Å². The van der Waals surface area contributed by atoms with Gasteiger partial charge < -0.3 is 10.1 Å². The van der Waals surface area contributed by atoms with Gasteiger partial charge in [0, 0.05) is 32.3 Å². The lowest BCUT2D eigenvalue weighted by Gasteiger charge is -2.06. The minimum Gasteiger partial charge on any atom is -0.383 e. The van der Waals surface area contributed by atoms with E-state index in [1.807, 2.05) is 0 Å². The second kappa shape index (κ2) is 6.55. The maximum absolute atomic E-state index is 12.4. The fraction of sp³-hybridized carbons (Fsp3) is 0.636. The van der Waals surface area contributed by atoms with E-state index in [0.29, 0.717) is 18.8 Å². The summed E-state index contributed by atoms with van der Waals surface area (Å²) in [5.74, 6) is -0.250. The van der Waals surface area contributed by atoms with E-state index in [1.54, 1.807) is 0 Å². The van der Waals surface area contributed by atoms with E-state index in [9.17, 15) is 18.0 Å². The molecule has 1 amide bonds. The average Bonchev–Trinajstić information content (AvgIpc) is 2.68. The Kier molecular flexibility index (Phi) is 5.34. The van der Waals surface area contributed by atoms with Gasteiger partial charge in [0.25, 0.3) is 0 Å². The molecule has 1 aromatic rings. The number of nitrogens with zero attached hydrogens (tertiary/aromatic N) is 2. The lowest BCUT2D eigenvalue weighted by molar-refractivity contribution is -0.141. The molecule has 0 aliphatic carbocycles. The number of aromatic nitrogens is 2. The van der Waals surface area contributed by atoms with Gasteiger partial charge in [0.2, 0.25) is 5.91 Å². The van der Waals surface area contributed by atoms with E-state index in [-0.39, 0.29) is 18.9 Å². The molecule has 0 radical (unpaired) electrons. The molecule has 1 N–H and O–H groups in total. The van der Waals surface area contributed by atoms with Gasteiger partial charge in [-0.15, -0.1) is 0 Å². The van der Waals surface area contributed by atoms with Crippen LogP contribution in [0.4, 0.5) is 13.2 Å². The van der Waals surface area contributed by atoms with E-state index in [0.717, 1.165) is 6.07 Å². The first kappa shape index (κ1) is 15.5. The van der Waals surface area contributed by atoms with Crippen LogP contribution in [0.1, 0.15) is 17.8 Å². The van der Waals surface area contributed by atoms with Crippen molar-refractivity contribution in [1.82, 2.24) is 15.1 Å².